The molecule has 2 aromatic rings. The highest BCUT2D eigenvalue weighted by Crippen LogP contribution is 2.33. The van der Waals surface area contributed by atoms with Gasteiger partial charge in [0.1, 0.15) is 17.6 Å². The van der Waals surface area contributed by atoms with E-state index in [4.69, 9.17) is 19.7 Å². The maximum absolute atomic E-state index is 5.68. The Kier molecular flexibility index (Phi) is 5.25. The zero-order valence-electron chi connectivity index (χ0n) is 12.7. The van der Waals surface area contributed by atoms with Gasteiger partial charge in [0.2, 0.25) is 0 Å². The summed E-state index contributed by atoms with van der Waals surface area (Å²) in [6.45, 7) is 6.96. The van der Waals surface area contributed by atoms with Crippen LogP contribution < -0.4 is 20.7 Å². The van der Waals surface area contributed by atoms with Crippen molar-refractivity contribution < 1.29 is 13.9 Å². The molecule has 0 saturated heterocycles. The van der Waals surface area contributed by atoms with Crippen LogP contribution in [0.15, 0.2) is 34.7 Å². The van der Waals surface area contributed by atoms with Gasteiger partial charge >= 0.3 is 0 Å². The first kappa shape index (κ1) is 15.4. The molecule has 1 atom stereocenters. The van der Waals surface area contributed by atoms with E-state index in [2.05, 4.69) is 5.43 Å². The molecule has 0 aliphatic carbocycles. The molecule has 0 aliphatic heterocycles. The first-order valence-corrected chi connectivity index (χ1v) is 7.11. The van der Waals surface area contributed by atoms with Crippen LogP contribution in [0.3, 0.4) is 0 Å². The maximum atomic E-state index is 5.68. The third kappa shape index (κ3) is 3.56. The van der Waals surface area contributed by atoms with E-state index in [1.807, 2.05) is 51.1 Å². The second-order valence-corrected chi connectivity index (χ2v) is 4.62. The predicted molar refractivity (Wildman–Crippen MR) is 81.4 cm³/mol. The Morgan fingerprint density at radius 1 is 1.10 bits per heavy atom. The zero-order valence-corrected chi connectivity index (χ0v) is 12.7. The fourth-order valence-corrected chi connectivity index (χ4v) is 2.20. The lowest BCUT2D eigenvalue weighted by atomic mass is 10.0. The minimum Gasteiger partial charge on any atom is -0.490 e. The monoisotopic (exact) mass is 290 g/mol. The first-order chi connectivity index (χ1) is 10.2. The van der Waals surface area contributed by atoms with E-state index in [0.717, 1.165) is 22.8 Å². The number of hydrazine groups is 1. The van der Waals surface area contributed by atoms with Crippen LogP contribution in [0, 0.1) is 6.92 Å². The predicted octanol–water partition coefficient (Wildman–Crippen LogP) is 2.94. The quantitative estimate of drug-likeness (QED) is 0.606. The lowest BCUT2D eigenvalue weighted by molar-refractivity contribution is 0.287. The largest absolute Gasteiger partial charge is 0.490 e. The van der Waals surface area contributed by atoms with Crippen LogP contribution in [-0.2, 0) is 0 Å². The average molecular weight is 290 g/mol. The van der Waals surface area contributed by atoms with Crippen molar-refractivity contribution in [2.75, 3.05) is 13.2 Å². The van der Waals surface area contributed by atoms with Crippen molar-refractivity contribution in [3.8, 4) is 11.5 Å². The van der Waals surface area contributed by atoms with Gasteiger partial charge in [-0.05, 0) is 50.6 Å². The van der Waals surface area contributed by atoms with Crippen molar-refractivity contribution in [1.29, 1.82) is 0 Å². The van der Waals surface area contributed by atoms with E-state index >= 15 is 0 Å². The van der Waals surface area contributed by atoms with Crippen molar-refractivity contribution in [3.05, 3.63) is 47.4 Å². The summed E-state index contributed by atoms with van der Waals surface area (Å²) in [7, 11) is 0. The van der Waals surface area contributed by atoms with Gasteiger partial charge in [0, 0.05) is 0 Å². The van der Waals surface area contributed by atoms with Gasteiger partial charge in [0.05, 0.1) is 13.2 Å². The highest BCUT2D eigenvalue weighted by atomic mass is 16.5. The summed E-state index contributed by atoms with van der Waals surface area (Å²) in [6, 6.07) is 9.37. The summed E-state index contributed by atoms with van der Waals surface area (Å²) in [5.41, 5.74) is 3.74. The van der Waals surface area contributed by atoms with E-state index in [9.17, 15) is 0 Å². The summed E-state index contributed by atoms with van der Waals surface area (Å²) in [6.07, 6.45) is 0. The normalized spacial score (nSPS) is 12.2. The summed E-state index contributed by atoms with van der Waals surface area (Å²) in [4.78, 5) is 0. The van der Waals surface area contributed by atoms with Gasteiger partial charge in [-0.2, -0.15) is 0 Å². The van der Waals surface area contributed by atoms with Crippen LogP contribution in [0.2, 0.25) is 0 Å². The number of nitrogens with two attached hydrogens (primary N) is 1. The van der Waals surface area contributed by atoms with Gasteiger partial charge in [-0.1, -0.05) is 6.07 Å². The molecule has 2 rings (SSSR count). The fraction of sp³-hybridized carbons (Fsp3) is 0.375. The van der Waals surface area contributed by atoms with Gasteiger partial charge in [-0.25, -0.2) is 5.43 Å². The molecule has 3 N–H and O–H groups in total. The van der Waals surface area contributed by atoms with Gasteiger partial charge in [-0.15, -0.1) is 0 Å². The standard InChI is InChI=1S/C16H22N2O3/c1-4-19-13-9-7-12(10-15(13)20-5-2)16(18-17)14-8-6-11(3)21-14/h6-10,16,18H,4-5,17H2,1-3H3. The molecule has 0 saturated carbocycles. The number of benzene rings is 1. The summed E-state index contributed by atoms with van der Waals surface area (Å²) in [5.74, 6) is 8.74. The molecular weight excluding hydrogens is 268 g/mol. The lowest BCUT2D eigenvalue weighted by Gasteiger charge is -2.17. The van der Waals surface area contributed by atoms with Crippen molar-refractivity contribution >= 4 is 0 Å². The molecule has 1 heterocycles. The Balaban J connectivity index is 2.35. The van der Waals surface area contributed by atoms with Crippen molar-refractivity contribution in [3.63, 3.8) is 0 Å². The van der Waals surface area contributed by atoms with Crippen LogP contribution >= 0.6 is 0 Å². The molecule has 0 radical (unpaired) electrons. The molecule has 0 aliphatic rings. The SMILES string of the molecule is CCOc1ccc(C(NN)c2ccc(C)o2)cc1OCC. The number of ether oxygens (including phenoxy) is 2. The van der Waals surface area contributed by atoms with Crippen LogP contribution in [0.25, 0.3) is 0 Å². The molecule has 1 aromatic carbocycles. The van der Waals surface area contributed by atoms with Gasteiger partial charge in [0.15, 0.2) is 11.5 Å². The van der Waals surface area contributed by atoms with Crippen molar-refractivity contribution in [1.82, 2.24) is 5.43 Å². The highest BCUT2D eigenvalue weighted by Gasteiger charge is 2.18. The maximum Gasteiger partial charge on any atom is 0.161 e. The van der Waals surface area contributed by atoms with Crippen molar-refractivity contribution in [2.45, 2.75) is 26.8 Å². The molecule has 5 heteroatoms. The zero-order chi connectivity index (χ0) is 15.2. The third-order valence-electron chi connectivity index (χ3n) is 3.11. The van der Waals surface area contributed by atoms with E-state index < -0.39 is 0 Å². The molecule has 5 nitrogen and oxygen atoms in total. The minimum atomic E-state index is -0.228. The van der Waals surface area contributed by atoms with Crippen molar-refractivity contribution in [2.24, 2.45) is 5.84 Å². The lowest BCUT2D eigenvalue weighted by Crippen LogP contribution is -2.28. The molecule has 0 bridgehead atoms. The third-order valence-corrected chi connectivity index (χ3v) is 3.11. The Hall–Kier alpha value is -1.98. The molecule has 114 valence electrons. The smallest absolute Gasteiger partial charge is 0.161 e. The molecule has 0 spiro atoms. The van der Waals surface area contributed by atoms with Gasteiger partial charge < -0.3 is 13.9 Å². The molecule has 21 heavy (non-hydrogen) atoms. The van der Waals surface area contributed by atoms with Crippen LogP contribution in [0.4, 0.5) is 0 Å². The van der Waals surface area contributed by atoms with E-state index in [1.165, 1.54) is 0 Å². The Labute approximate surface area is 125 Å². The number of aryl methyl sites for hydroxylation is 1. The molecule has 0 amide bonds. The fourth-order valence-electron chi connectivity index (χ4n) is 2.20. The van der Waals surface area contributed by atoms with Crippen LogP contribution in [0.1, 0.15) is 37.0 Å². The molecule has 0 fully saturated rings. The van der Waals surface area contributed by atoms with E-state index in [0.29, 0.717) is 19.0 Å². The minimum absolute atomic E-state index is 0.228. The number of furan rings is 1. The number of nitrogens with one attached hydrogen (secondary N) is 1. The number of hydrogen-bond donors (Lipinski definition) is 2. The average Bonchev–Trinajstić information content (AvgIpc) is 2.89. The van der Waals surface area contributed by atoms with Gasteiger partial charge in [0.25, 0.3) is 0 Å². The van der Waals surface area contributed by atoms with Gasteiger partial charge in [-0.3, -0.25) is 5.84 Å². The summed E-state index contributed by atoms with van der Waals surface area (Å²) >= 11 is 0. The number of rotatable bonds is 7. The Bertz CT molecular complexity index is 581. The Morgan fingerprint density at radius 3 is 2.38 bits per heavy atom. The molecule has 1 unspecified atom stereocenters. The molecular formula is C16H22N2O3. The van der Waals surface area contributed by atoms with Crippen LogP contribution in [-0.4, -0.2) is 13.2 Å². The second-order valence-electron chi connectivity index (χ2n) is 4.62. The topological polar surface area (TPSA) is 69.7 Å². The van der Waals surface area contributed by atoms with E-state index in [1.54, 1.807) is 0 Å². The summed E-state index contributed by atoms with van der Waals surface area (Å²) in [5, 5.41) is 0. The summed E-state index contributed by atoms with van der Waals surface area (Å²) < 4.78 is 16.9. The van der Waals surface area contributed by atoms with Crippen LogP contribution in [0.5, 0.6) is 11.5 Å². The first-order valence-electron chi connectivity index (χ1n) is 7.11. The second kappa shape index (κ2) is 7.15. The Morgan fingerprint density at radius 2 is 1.81 bits per heavy atom. The van der Waals surface area contributed by atoms with E-state index in [-0.39, 0.29) is 6.04 Å². The highest BCUT2D eigenvalue weighted by molar-refractivity contribution is 5.45. The number of hydrogen-bond acceptors (Lipinski definition) is 5. The molecule has 1 aromatic heterocycles.